The summed E-state index contributed by atoms with van der Waals surface area (Å²) in [6.07, 6.45) is 1.67. The van der Waals surface area contributed by atoms with Crippen LogP contribution in [0.2, 0.25) is 0 Å². The Balaban J connectivity index is 1.93. The molecule has 0 bridgehead atoms. The van der Waals surface area contributed by atoms with E-state index in [1.807, 2.05) is 24.3 Å². The first-order valence-electron chi connectivity index (χ1n) is 7.70. The van der Waals surface area contributed by atoms with Crippen molar-refractivity contribution in [3.8, 4) is 17.6 Å². The fourth-order valence-electron chi connectivity index (χ4n) is 2.43. The Labute approximate surface area is 149 Å². The molecule has 1 aromatic heterocycles. The van der Waals surface area contributed by atoms with Crippen LogP contribution in [0.15, 0.2) is 42.5 Å². The van der Waals surface area contributed by atoms with Gasteiger partial charge in [-0.2, -0.15) is 5.26 Å². The molecule has 0 aliphatic carbocycles. The number of hydrogen-bond acceptors (Lipinski definition) is 5. The third kappa shape index (κ3) is 3.65. The van der Waals surface area contributed by atoms with Crippen molar-refractivity contribution in [3.63, 3.8) is 0 Å². The molecule has 1 heterocycles. The van der Waals surface area contributed by atoms with Crippen LogP contribution in [0.4, 0.5) is 0 Å². The van der Waals surface area contributed by atoms with Crippen molar-refractivity contribution < 1.29 is 19.4 Å². The summed E-state index contributed by atoms with van der Waals surface area (Å²) >= 11 is 0. The normalized spacial score (nSPS) is 11.2. The number of hydrogen-bond donors (Lipinski definition) is 2. The molecule has 7 nitrogen and oxygen atoms in total. The highest BCUT2D eigenvalue weighted by Crippen LogP contribution is 2.29. The monoisotopic (exact) mass is 349 g/mol. The number of carboxylic acid groups (broad SMARTS) is 1. The first-order chi connectivity index (χ1) is 12.6. The summed E-state index contributed by atoms with van der Waals surface area (Å²) in [7, 11) is 1.46. The van der Waals surface area contributed by atoms with E-state index in [9.17, 15) is 10.1 Å². The van der Waals surface area contributed by atoms with Gasteiger partial charge in [0.05, 0.1) is 23.7 Å². The number of aromatic amines is 1. The molecular weight excluding hydrogens is 334 g/mol. The van der Waals surface area contributed by atoms with Crippen molar-refractivity contribution in [3.05, 3.63) is 53.9 Å². The molecule has 0 spiro atoms. The summed E-state index contributed by atoms with van der Waals surface area (Å²) < 4.78 is 10.4. The lowest BCUT2D eigenvalue weighted by atomic mass is 10.1. The summed E-state index contributed by atoms with van der Waals surface area (Å²) in [5, 5.41) is 18.2. The fourth-order valence-corrected chi connectivity index (χ4v) is 2.43. The number of H-pyrrole nitrogens is 1. The number of nitrogens with zero attached hydrogens (tertiary/aromatic N) is 2. The predicted molar refractivity (Wildman–Crippen MR) is 95.7 cm³/mol. The van der Waals surface area contributed by atoms with Gasteiger partial charge in [0.2, 0.25) is 0 Å². The molecule has 2 N–H and O–H groups in total. The summed E-state index contributed by atoms with van der Waals surface area (Å²) in [6, 6.07) is 14.6. The van der Waals surface area contributed by atoms with Crippen LogP contribution in [-0.4, -0.2) is 34.8 Å². The highest BCUT2D eigenvalue weighted by atomic mass is 16.5. The van der Waals surface area contributed by atoms with Gasteiger partial charge in [0, 0.05) is 0 Å². The van der Waals surface area contributed by atoms with Crippen LogP contribution in [-0.2, 0) is 4.79 Å². The van der Waals surface area contributed by atoms with Crippen LogP contribution in [0.25, 0.3) is 22.7 Å². The maximum atomic E-state index is 10.6. The van der Waals surface area contributed by atoms with Gasteiger partial charge < -0.3 is 19.6 Å². The Morgan fingerprint density at radius 2 is 2.12 bits per heavy atom. The highest BCUT2D eigenvalue weighted by Gasteiger charge is 2.10. The molecule has 0 fully saturated rings. The molecule has 3 rings (SSSR count). The predicted octanol–water partition coefficient (Wildman–Crippen LogP) is 3.10. The zero-order chi connectivity index (χ0) is 18.5. The fraction of sp³-hybridized carbons (Fsp3) is 0.105. The molecule has 0 radical (unpaired) electrons. The number of rotatable bonds is 6. The maximum Gasteiger partial charge on any atom is 0.341 e. The second-order valence-electron chi connectivity index (χ2n) is 5.37. The Morgan fingerprint density at radius 1 is 1.31 bits per heavy atom. The molecule has 7 heteroatoms. The van der Waals surface area contributed by atoms with E-state index in [4.69, 9.17) is 14.6 Å². The molecule has 0 aliphatic heterocycles. The number of carboxylic acids is 1. The van der Waals surface area contributed by atoms with Gasteiger partial charge in [0.25, 0.3) is 0 Å². The Hall–Kier alpha value is -3.79. The van der Waals surface area contributed by atoms with E-state index in [1.54, 1.807) is 24.3 Å². The van der Waals surface area contributed by atoms with E-state index < -0.39 is 12.6 Å². The van der Waals surface area contributed by atoms with Crippen LogP contribution in [0.5, 0.6) is 11.5 Å². The molecule has 2 aromatic carbocycles. The number of allylic oxidation sites excluding steroid dienone is 1. The third-order valence-electron chi connectivity index (χ3n) is 3.61. The van der Waals surface area contributed by atoms with Crippen molar-refractivity contribution in [2.45, 2.75) is 0 Å². The SMILES string of the molecule is COc1cc(/C=C(\C#N)c2nc3ccccc3[nH]2)ccc1OCC(=O)O. The average Bonchev–Trinajstić information content (AvgIpc) is 3.08. The zero-order valence-corrected chi connectivity index (χ0v) is 13.9. The molecule has 26 heavy (non-hydrogen) atoms. The van der Waals surface area contributed by atoms with Gasteiger partial charge in [-0.25, -0.2) is 9.78 Å². The number of nitriles is 1. The number of aliphatic carboxylic acids is 1. The lowest BCUT2D eigenvalue weighted by molar-refractivity contribution is -0.139. The molecule has 0 unspecified atom stereocenters. The van der Waals surface area contributed by atoms with Crippen molar-refractivity contribution in [1.82, 2.24) is 9.97 Å². The lowest BCUT2D eigenvalue weighted by Crippen LogP contribution is -2.10. The standard InChI is InChI=1S/C19H15N3O4/c1-25-17-9-12(6-7-16(17)26-11-18(23)24)8-13(10-20)19-21-14-4-2-3-5-15(14)22-19/h2-9H,11H2,1H3,(H,21,22)(H,23,24)/b13-8+. The van der Waals surface area contributed by atoms with E-state index in [1.165, 1.54) is 7.11 Å². The number of benzene rings is 2. The van der Waals surface area contributed by atoms with Gasteiger partial charge in [0.15, 0.2) is 18.1 Å². The molecule has 0 aliphatic rings. The summed E-state index contributed by atoms with van der Waals surface area (Å²) in [4.78, 5) is 18.2. The van der Waals surface area contributed by atoms with Crippen LogP contribution >= 0.6 is 0 Å². The summed E-state index contributed by atoms with van der Waals surface area (Å²) in [5.41, 5.74) is 2.68. The van der Waals surface area contributed by atoms with Gasteiger partial charge in [-0.3, -0.25) is 0 Å². The second-order valence-corrected chi connectivity index (χ2v) is 5.37. The number of methoxy groups -OCH3 is 1. The van der Waals surface area contributed by atoms with Crippen molar-refractivity contribution >= 4 is 28.7 Å². The van der Waals surface area contributed by atoms with Gasteiger partial charge >= 0.3 is 5.97 Å². The minimum atomic E-state index is -1.08. The van der Waals surface area contributed by atoms with Crippen molar-refractivity contribution in [2.24, 2.45) is 0 Å². The smallest absolute Gasteiger partial charge is 0.341 e. The first-order valence-corrected chi connectivity index (χ1v) is 7.70. The topological polar surface area (TPSA) is 108 Å². The van der Waals surface area contributed by atoms with Gasteiger partial charge in [0.1, 0.15) is 11.9 Å². The Morgan fingerprint density at radius 3 is 2.81 bits per heavy atom. The first kappa shape index (κ1) is 17.0. The van der Waals surface area contributed by atoms with Gasteiger partial charge in [-0.05, 0) is 35.9 Å². The Bertz CT molecular complexity index is 998. The van der Waals surface area contributed by atoms with Gasteiger partial charge in [-0.15, -0.1) is 0 Å². The second kappa shape index (κ2) is 7.40. The maximum absolute atomic E-state index is 10.6. The van der Waals surface area contributed by atoms with E-state index in [-0.39, 0.29) is 0 Å². The van der Waals surface area contributed by atoms with E-state index in [2.05, 4.69) is 16.0 Å². The summed E-state index contributed by atoms with van der Waals surface area (Å²) in [5.74, 6) is 0.0859. The molecule has 3 aromatic rings. The number of aromatic nitrogens is 2. The molecular formula is C19H15N3O4. The summed E-state index contributed by atoms with van der Waals surface area (Å²) in [6.45, 7) is -0.464. The van der Waals surface area contributed by atoms with Crippen LogP contribution < -0.4 is 9.47 Å². The Kier molecular flexibility index (Phi) is 4.85. The number of imidazole rings is 1. The van der Waals surface area contributed by atoms with Crippen LogP contribution in [0.3, 0.4) is 0 Å². The molecule has 0 atom stereocenters. The zero-order valence-electron chi connectivity index (χ0n) is 13.9. The average molecular weight is 349 g/mol. The molecule has 0 saturated heterocycles. The number of para-hydroxylation sites is 2. The van der Waals surface area contributed by atoms with E-state index >= 15 is 0 Å². The lowest BCUT2D eigenvalue weighted by Gasteiger charge is -2.09. The van der Waals surface area contributed by atoms with Gasteiger partial charge in [-0.1, -0.05) is 18.2 Å². The quantitative estimate of drug-likeness (QED) is 0.662. The number of ether oxygens (including phenoxy) is 2. The molecule has 130 valence electrons. The van der Waals surface area contributed by atoms with E-state index in [0.29, 0.717) is 28.5 Å². The number of carbonyl (C=O) groups is 1. The van der Waals surface area contributed by atoms with Crippen LogP contribution in [0.1, 0.15) is 11.4 Å². The molecule has 0 amide bonds. The van der Waals surface area contributed by atoms with Crippen molar-refractivity contribution in [1.29, 1.82) is 5.26 Å². The van der Waals surface area contributed by atoms with E-state index in [0.717, 1.165) is 11.0 Å². The van der Waals surface area contributed by atoms with Crippen molar-refractivity contribution in [2.75, 3.05) is 13.7 Å². The minimum absolute atomic E-state index is 0.314. The third-order valence-corrected chi connectivity index (χ3v) is 3.61. The number of fused-ring (bicyclic) bond motifs is 1. The highest BCUT2D eigenvalue weighted by molar-refractivity contribution is 5.90. The minimum Gasteiger partial charge on any atom is -0.493 e. The van der Waals surface area contributed by atoms with Crippen LogP contribution in [0, 0.1) is 11.3 Å². The number of nitrogens with one attached hydrogen (secondary N) is 1. The largest absolute Gasteiger partial charge is 0.493 e. The molecule has 0 saturated carbocycles.